The third-order valence-electron chi connectivity index (χ3n) is 7.22. The van der Waals surface area contributed by atoms with E-state index in [0.29, 0.717) is 18.8 Å². The first-order valence-electron chi connectivity index (χ1n) is 11.7. The fourth-order valence-corrected chi connectivity index (χ4v) is 5.10. The Hall–Kier alpha value is -3.57. The number of carbonyl (C=O) groups is 1. The van der Waals surface area contributed by atoms with Gasteiger partial charge in [0.1, 0.15) is 11.4 Å². The summed E-state index contributed by atoms with van der Waals surface area (Å²) in [6.45, 7) is 0.710. The molecule has 1 saturated carbocycles. The molecule has 5 nitrogen and oxygen atoms in total. The largest absolute Gasteiger partial charge is 0.349 e. The van der Waals surface area contributed by atoms with E-state index in [1.807, 2.05) is 24.3 Å². The van der Waals surface area contributed by atoms with Crippen LogP contribution >= 0.6 is 0 Å². The number of aromatic nitrogens is 2. The molecule has 0 unspecified atom stereocenters. The molecule has 1 aliphatic heterocycles. The van der Waals surface area contributed by atoms with Crippen molar-refractivity contribution in [2.45, 2.75) is 37.6 Å². The molecule has 0 bridgehead atoms. The molecule has 2 aromatic heterocycles. The van der Waals surface area contributed by atoms with E-state index < -0.39 is 0 Å². The zero-order valence-corrected chi connectivity index (χ0v) is 18.6. The molecule has 0 radical (unpaired) electrons. The van der Waals surface area contributed by atoms with Gasteiger partial charge in [0.25, 0.3) is 0 Å². The van der Waals surface area contributed by atoms with Crippen LogP contribution in [0.15, 0.2) is 72.9 Å². The molecular weight excluding hydrogens is 408 g/mol. The van der Waals surface area contributed by atoms with E-state index in [1.54, 1.807) is 11.1 Å². The maximum atomic E-state index is 12.5. The van der Waals surface area contributed by atoms with Crippen LogP contribution in [0.1, 0.15) is 37.7 Å². The topological polar surface area (TPSA) is 73.7 Å². The minimum Gasteiger partial charge on any atom is -0.349 e. The molecular formula is C28H27N4O+. The fourth-order valence-electron chi connectivity index (χ4n) is 5.10. The molecule has 0 atom stereocenters. The van der Waals surface area contributed by atoms with Crippen molar-refractivity contribution < 1.29 is 10.5 Å². The van der Waals surface area contributed by atoms with Gasteiger partial charge in [0.05, 0.1) is 11.2 Å². The van der Waals surface area contributed by atoms with E-state index in [9.17, 15) is 4.79 Å². The fraction of sp³-hybridized carbons (Fsp3) is 0.250. The monoisotopic (exact) mass is 435 g/mol. The molecule has 6 rings (SSSR count). The maximum Gasteiger partial charge on any atom is 0.228 e. The van der Waals surface area contributed by atoms with Crippen molar-refractivity contribution >= 4 is 22.6 Å². The summed E-state index contributed by atoms with van der Waals surface area (Å²) < 4.78 is 0. The van der Waals surface area contributed by atoms with Crippen molar-refractivity contribution in [3.05, 3.63) is 78.5 Å². The first-order chi connectivity index (χ1) is 16.1. The summed E-state index contributed by atoms with van der Waals surface area (Å²) in [4.78, 5) is 24.0. The zero-order chi connectivity index (χ0) is 22.4. The predicted octanol–water partition coefficient (Wildman–Crippen LogP) is 4.71. The van der Waals surface area contributed by atoms with E-state index in [0.717, 1.165) is 52.5 Å². The highest BCUT2D eigenvalue weighted by Gasteiger charge is 2.38. The lowest BCUT2D eigenvalue weighted by atomic mass is 9.72. The molecule has 2 aromatic carbocycles. The van der Waals surface area contributed by atoms with Gasteiger partial charge >= 0.3 is 0 Å². The number of anilines is 1. The smallest absolute Gasteiger partial charge is 0.228 e. The molecule has 2 fully saturated rings. The molecule has 0 spiro atoms. The number of amides is 1. The zero-order valence-electron chi connectivity index (χ0n) is 18.6. The molecule has 164 valence electrons. The Labute approximate surface area is 193 Å². The van der Waals surface area contributed by atoms with Gasteiger partial charge < -0.3 is 5.73 Å². The molecule has 33 heavy (non-hydrogen) atoms. The number of quaternary nitrogens is 1. The third kappa shape index (κ3) is 3.40. The van der Waals surface area contributed by atoms with Gasteiger partial charge in [-0.1, -0.05) is 54.6 Å². The van der Waals surface area contributed by atoms with Crippen molar-refractivity contribution in [3.63, 3.8) is 0 Å². The lowest BCUT2D eigenvalue weighted by Gasteiger charge is -2.34. The Morgan fingerprint density at radius 1 is 0.909 bits per heavy atom. The van der Waals surface area contributed by atoms with E-state index in [-0.39, 0.29) is 11.4 Å². The van der Waals surface area contributed by atoms with Crippen LogP contribution in [0.4, 0.5) is 5.82 Å². The summed E-state index contributed by atoms with van der Waals surface area (Å²) in [5.74, 6) is 0.847. The van der Waals surface area contributed by atoms with Crippen molar-refractivity contribution in [1.82, 2.24) is 9.97 Å². The number of fused-ring (bicyclic) bond motifs is 1. The number of nitrogens with zero attached hydrogens (tertiary/aromatic N) is 3. The summed E-state index contributed by atoms with van der Waals surface area (Å²) in [5.41, 5.74) is 10.8. The van der Waals surface area contributed by atoms with Gasteiger partial charge in [-0.3, -0.25) is 9.69 Å². The van der Waals surface area contributed by atoms with E-state index >= 15 is 0 Å². The Bertz CT molecular complexity index is 1340. The maximum absolute atomic E-state index is 12.5. The van der Waals surface area contributed by atoms with Gasteiger partial charge in [0.15, 0.2) is 0 Å². The third-order valence-corrected chi connectivity index (χ3v) is 7.22. The number of hydrogen-bond donors (Lipinski definition) is 1. The Kier molecular flexibility index (Phi) is 4.73. The van der Waals surface area contributed by atoms with Gasteiger partial charge in [0.2, 0.25) is 5.91 Å². The van der Waals surface area contributed by atoms with E-state index in [4.69, 9.17) is 4.98 Å². The van der Waals surface area contributed by atoms with Gasteiger partial charge in [-0.15, -0.1) is 0 Å². The Morgan fingerprint density at radius 2 is 1.70 bits per heavy atom. The lowest BCUT2D eigenvalue weighted by molar-refractivity contribution is -0.509. The highest BCUT2D eigenvalue weighted by Crippen LogP contribution is 2.39. The highest BCUT2D eigenvalue weighted by molar-refractivity contribution is 6.04. The van der Waals surface area contributed by atoms with Crippen LogP contribution in [0.25, 0.3) is 33.3 Å². The van der Waals surface area contributed by atoms with E-state index in [1.165, 1.54) is 12.0 Å². The summed E-state index contributed by atoms with van der Waals surface area (Å²) in [7, 11) is 0. The molecule has 1 amide bonds. The van der Waals surface area contributed by atoms with E-state index in [2.05, 4.69) is 53.2 Å². The summed E-state index contributed by atoms with van der Waals surface area (Å²) in [5, 5.41) is 0.915. The quantitative estimate of drug-likeness (QED) is 0.504. The Morgan fingerprint density at radius 3 is 2.36 bits per heavy atom. The molecule has 4 aromatic rings. The van der Waals surface area contributed by atoms with Crippen LogP contribution in [0.5, 0.6) is 0 Å². The molecule has 2 aliphatic rings. The van der Waals surface area contributed by atoms with Gasteiger partial charge in [-0.25, -0.2) is 9.97 Å². The van der Waals surface area contributed by atoms with Crippen molar-refractivity contribution in [2.24, 2.45) is 0 Å². The second-order valence-corrected chi connectivity index (χ2v) is 9.31. The van der Waals surface area contributed by atoms with Crippen molar-refractivity contribution in [2.75, 3.05) is 11.4 Å². The van der Waals surface area contributed by atoms with Crippen LogP contribution in [-0.4, -0.2) is 22.4 Å². The first kappa shape index (κ1) is 20.1. The summed E-state index contributed by atoms with van der Waals surface area (Å²) in [6, 6.07) is 23.2. The number of hydrogen-bond acceptors (Lipinski definition) is 3. The first-order valence-corrected chi connectivity index (χ1v) is 11.7. The summed E-state index contributed by atoms with van der Waals surface area (Å²) >= 11 is 0. The second kappa shape index (κ2) is 7.78. The van der Waals surface area contributed by atoms with Crippen LogP contribution in [-0.2, 0) is 10.3 Å². The molecule has 3 N–H and O–H groups in total. The minimum atomic E-state index is 0.0699. The standard InChI is InChI=1S/C28H26N4O/c29-28(14-5-15-28)21-11-9-20(10-12-21)26-22(19-6-2-1-3-7-19)18-23-24(31-26)13-16-30-27(23)32-17-4-8-25(32)33/h1-3,6-7,9-13,16,18H,4-5,8,14-15,17,29H2/p+1. The predicted molar refractivity (Wildman–Crippen MR) is 130 cm³/mol. The lowest BCUT2D eigenvalue weighted by Crippen LogP contribution is -2.73. The number of carbonyl (C=O) groups excluding carboxylic acids is 1. The molecule has 3 heterocycles. The average molecular weight is 436 g/mol. The van der Waals surface area contributed by atoms with Gasteiger partial charge in [0, 0.05) is 54.1 Å². The van der Waals surface area contributed by atoms with Crippen molar-refractivity contribution in [3.8, 4) is 22.4 Å². The second-order valence-electron chi connectivity index (χ2n) is 9.31. The number of rotatable bonds is 4. The van der Waals surface area contributed by atoms with Crippen LogP contribution < -0.4 is 10.6 Å². The SMILES string of the molecule is [NH3+]C1(c2ccc(-c3nc4ccnc(N5CCCC5=O)c4cc3-c3ccccc3)cc2)CCC1. The number of benzene rings is 2. The van der Waals surface area contributed by atoms with Gasteiger partial charge in [-0.2, -0.15) is 0 Å². The van der Waals surface area contributed by atoms with Crippen LogP contribution in [0.2, 0.25) is 0 Å². The van der Waals surface area contributed by atoms with Crippen molar-refractivity contribution in [1.29, 1.82) is 0 Å². The Balaban J connectivity index is 1.53. The summed E-state index contributed by atoms with van der Waals surface area (Å²) in [6.07, 6.45) is 6.77. The minimum absolute atomic E-state index is 0.0699. The number of pyridine rings is 2. The molecule has 1 saturated heterocycles. The normalized spacial score (nSPS) is 17.4. The van der Waals surface area contributed by atoms with Gasteiger partial charge in [-0.05, 0) is 30.5 Å². The van der Waals surface area contributed by atoms with Crippen LogP contribution in [0, 0.1) is 0 Å². The highest BCUT2D eigenvalue weighted by atomic mass is 16.2. The molecule has 5 heteroatoms. The molecule has 1 aliphatic carbocycles. The average Bonchev–Trinajstić information content (AvgIpc) is 3.27. The van der Waals surface area contributed by atoms with Crippen LogP contribution in [0.3, 0.4) is 0 Å².